The second kappa shape index (κ2) is 8.24. The minimum Gasteiger partial charge on any atom is -0.363 e. The number of sulfonamides is 1. The van der Waals surface area contributed by atoms with Crippen molar-refractivity contribution in [2.45, 2.75) is 38.1 Å². The largest absolute Gasteiger partial charge is 0.363 e. The Morgan fingerprint density at radius 2 is 2.15 bits per heavy atom. The van der Waals surface area contributed by atoms with Gasteiger partial charge in [0.15, 0.2) is 0 Å². The second-order valence-corrected chi connectivity index (χ2v) is 6.63. The lowest BCUT2D eigenvalue weighted by Crippen LogP contribution is -2.31. The van der Waals surface area contributed by atoms with Crippen LogP contribution in [0.15, 0.2) is 29.8 Å². The van der Waals surface area contributed by atoms with E-state index in [1.807, 2.05) is 6.92 Å². The predicted octanol–water partition coefficient (Wildman–Crippen LogP) is 2.10. The van der Waals surface area contributed by atoms with E-state index in [4.69, 9.17) is 0 Å². The van der Waals surface area contributed by atoms with E-state index in [0.717, 1.165) is 25.1 Å². The molecule has 1 rings (SSSR count). The lowest BCUT2D eigenvalue weighted by Gasteiger charge is -2.18. The molecule has 5 nitrogen and oxygen atoms in total. The van der Waals surface area contributed by atoms with Crippen molar-refractivity contribution in [2.75, 3.05) is 19.6 Å². The summed E-state index contributed by atoms with van der Waals surface area (Å²) in [5, 5.41) is 3.24. The highest BCUT2D eigenvalue weighted by molar-refractivity contribution is 7.89. The Morgan fingerprint density at radius 3 is 2.75 bits per heavy atom. The Labute approximate surface area is 122 Å². The average Bonchev–Trinajstić information content (AvgIpc) is 2.88. The Kier molecular flexibility index (Phi) is 6.98. The van der Waals surface area contributed by atoms with Crippen LogP contribution in [0, 0.1) is 0 Å². The molecule has 6 heteroatoms. The van der Waals surface area contributed by atoms with Gasteiger partial charge in [0, 0.05) is 31.5 Å². The molecule has 0 aliphatic heterocycles. The van der Waals surface area contributed by atoms with E-state index >= 15 is 0 Å². The SMILES string of the molecule is C=CCN(CCC)S(=O)(=O)c1c[nH]c(CNCCC)c1. The summed E-state index contributed by atoms with van der Waals surface area (Å²) < 4.78 is 26.4. The van der Waals surface area contributed by atoms with Gasteiger partial charge >= 0.3 is 0 Å². The third kappa shape index (κ3) is 4.47. The molecule has 0 aromatic carbocycles. The molecule has 0 radical (unpaired) electrons. The van der Waals surface area contributed by atoms with E-state index in [1.165, 1.54) is 4.31 Å². The van der Waals surface area contributed by atoms with Gasteiger partial charge in [-0.05, 0) is 25.5 Å². The van der Waals surface area contributed by atoms with E-state index < -0.39 is 10.0 Å². The summed E-state index contributed by atoms with van der Waals surface area (Å²) in [6.45, 7) is 10.1. The highest BCUT2D eigenvalue weighted by Crippen LogP contribution is 2.17. The normalized spacial score (nSPS) is 11.9. The molecule has 0 spiro atoms. The van der Waals surface area contributed by atoms with Crippen LogP contribution in [0.4, 0.5) is 0 Å². The molecule has 0 saturated heterocycles. The van der Waals surface area contributed by atoms with Crippen molar-refractivity contribution >= 4 is 10.0 Å². The Morgan fingerprint density at radius 1 is 1.40 bits per heavy atom. The Hall–Kier alpha value is -1.11. The van der Waals surface area contributed by atoms with Gasteiger partial charge in [0.2, 0.25) is 10.0 Å². The topological polar surface area (TPSA) is 65.2 Å². The van der Waals surface area contributed by atoms with Gasteiger partial charge in [0.25, 0.3) is 0 Å². The lowest BCUT2D eigenvalue weighted by atomic mass is 10.4. The zero-order valence-electron chi connectivity index (χ0n) is 12.4. The number of aromatic amines is 1. The van der Waals surface area contributed by atoms with Gasteiger partial charge in [0.05, 0.1) is 4.90 Å². The van der Waals surface area contributed by atoms with Crippen molar-refractivity contribution in [1.82, 2.24) is 14.6 Å². The molecular formula is C14H25N3O2S. The predicted molar refractivity (Wildman–Crippen MR) is 82.0 cm³/mol. The maximum atomic E-state index is 12.5. The van der Waals surface area contributed by atoms with Crippen molar-refractivity contribution in [3.05, 3.63) is 30.6 Å². The van der Waals surface area contributed by atoms with Gasteiger partial charge in [-0.3, -0.25) is 0 Å². The highest BCUT2D eigenvalue weighted by Gasteiger charge is 2.23. The van der Waals surface area contributed by atoms with E-state index in [2.05, 4.69) is 23.8 Å². The minimum atomic E-state index is -3.43. The standard InChI is InChI=1S/C14H25N3O2S/c1-4-7-15-11-13-10-14(12-16-13)20(18,19)17(8-5-2)9-6-3/h5,10,12,15-16H,2,4,6-9,11H2,1,3H3. The number of hydrogen-bond acceptors (Lipinski definition) is 3. The molecule has 0 aliphatic carbocycles. The molecule has 0 aliphatic rings. The van der Waals surface area contributed by atoms with Crippen LogP contribution in [0.2, 0.25) is 0 Å². The minimum absolute atomic E-state index is 0.320. The molecule has 0 amide bonds. The number of H-pyrrole nitrogens is 1. The van der Waals surface area contributed by atoms with E-state index in [1.54, 1.807) is 18.3 Å². The first-order chi connectivity index (χ1) is 9.56. The van der Waals surface area contributed by atoms with Crippen LogP contribution in [-0.4, -0.2) is 37.3 Å². The summed E-state index contributed by atoms with van der Waals surface area (Å²) in [6.07, 6.45) is 5.01. The fourth-order valence-electron chi connectivity index (χ4n) is 1.92. The molecule has 1 heterocycles. The van der Waals surface area contributed by atoms with E-state index in [-0.39, 0.29) is 0 Å². The van der Waals surface area contributed by atoms with Crippen LogP contribution < -0.4 is 5.32 Å². The second-order valence-electron chi connectivity index (χ2n) is 4.69. The van der Waals surface area contributed by atoms with Gasteiger partial charge in [-0.15, -0.1) is 6.58 Å². The molecule has 0 saturated carbocycles. The zero-order valence-corrected chi connectivity index (χ0v) is 13.2. The van der Waals surface area contributed by atoms with Crippen LogP contribution in [0.25, 0.3) is 0 Å². The number of nitrogens with zero attached hydrogens (tertiary/aromatic N) is 1. The number of rotatable bonds is 10. The molecule has 0 fully saturated rings. The van der Waals surface area contributed by atoms with Crippen molar-refractivity contribution in [3.63, 3.8) is 0 Å². The molecule has 0 unspecified atom stereocenters. The summed E-state index contributed by atoms with van der Waals surface area (Å²) >= 11 is 0. The van der Waals surface area contributed by atoms with E-state index in [9.17, 15) is 8.42 Å². The van der Waals surface area contributed by atoms with Crippen LogP contribution in [0.1, 0.15) is 32.4 Å². The fourth-order valence-corrected chi connectivity index (χ4v) is 3.44. The van der Waals surface area contributed by atoms with Crippen LogP contribution in [0.3, 0.4) is 0 Å². The quantitative estimate of drug-likeness (QED) is 0.513. The molecule has 1 aromatic heterocycles. The summed E-state index contributed by atoms with van der Waals surface area (Å²) in [4.78, 5) is 3.34. The lowest BCUT2D eigenvalue weighted by molar-refractivity contribution is 0.441. The zero-order chi connectivity index (χ0) is 15.0. The molecule has 2 N–H and O–H groups in total. The number of aromatic nitrogens is 1. The van der Waals surface area contributed by atoms with Crippen LogP contribution in [0.5, 0.6) is 0 Å². The number of nitrogens with one attached hydrogen (secondary N) is 2. The summed E-state index contributed by atoms with van der Waals surface area (Å²) in [5.41, 5.74) is 0.882. The molecule has 0 bridgehead atoms. The number of hydrogen-bond donors (Lipinski definition) is 2. The first-order valence-electron chi connectivity index (χ1n) is 7.05. The molecule has 20 heavy (non-hydrogen) atoms. The third-order valence-electron chi connectivity index (χ3n) is 2.90. The monoisotopic (exact) mass is 299 g/mol. The smallest absolute Gasteiger partial charge is 0.244 e. The van der Waals surface area contributed by atoms with E-state index in [0.29, 0.717) is 24.5 Å². The van der Waals surface area contributed by atoms with Crippen molar-refractivity contribution in [2.24, 2.45) is 0 Å². The molecule has 1 aromatic rings. The Balaban J connectivity index is 2.83. The van der Waals surface area contributed by atoms with Gasteiger partial charge in [0.1, 0.15) is 0 Å². The maximum Gasteiger partial charge on any atom is 0.244 e. The van der Waals surface area contributed by atoms with Gasteiger partial charge in [-0.25, -0.2) is 8.42 Å². The van der Waals surface area contributed by atoms with Gasteiger partial charge in [-0.1, -0.05) is 19.9 Å². The van der Waals surface area contributed by atoms with Crippen molar-refractivity contribution < 1.29 is 8.42 Å². The van der Waals surface area contributed by atoms with Crippen molar-refractivity contribution in [1.29, 1.82) is 0 Å². The summed E-state index contributed by atoms with van der Waals surface area (Å²) in [5.74, 6) is 0. The molecular weight excluding hydrogens is 274 g/mol. The van der Waals surface area contributed by atoms with Crippen molar-refractivity contribution in [3.8, 4) is 0 Å². The van der Waals surface area contributed by atoms with Crippen LogP contribution in [-0.2, 0) is 16.6 Å². The average molecular weight is 299 g/mol. The molecule has 114 valence electrons. The maximum absolute atomic E-state index is 12.5. The van der Waals surface area contributed by atoms with Crippen LogP contribution >= 0.6 is 0 Å². The highest BCUT2D eigenvalue weighted by atomic mass is 32.2. The summed E-state index contributed by atoms with van der Waals surface area (Å²) in [6, 6.07) is 1.70. The van der Waals surface area contributed by atoms with Gasteiger partial charge in [-0.2, -0.15) is 4.31 Å². The first-order valence-corrected chi connectivity index (χ1v) is 8.49. The molecule has 0 atom stereocenters. The van der Waals surface area contributed by atoms with Gasteiger partial charge < -0.3 is 10.3 Å². The Bertz CT molecular complexity index is 508. The fraction of sp³-hybridized carbons (Fsp3) is 0.571. The summed E-state index contributed by atoms with van der Waals surface area (Å²) in [7, 11) is -3.43. The third-order valence-corrected chi connectivity index (χ3v) is 4.74. The first kappa shape index (κ1) is 16.9.